The van der Waals surface area contributed by atoms with Gasteiger partial charge in [0.25, 0.3) is 0 Å². The van der Waals surface area contributed by atoms with Gasteiger partial charge in [-0.2, -0.15) is 8.42 Å². The molecular weight excluding hydrogens is 591 g/mol. The smallest absolute Gasteiger partial charge is 0.345 e. The van der Waals surface area contributed by atoms with Gasteiger partial charge < -0.3 is 18.4 Å². The molecule has 0 amide bonds. The molecule has 0 radical (unpaired) electrons. The van der Waals surface area contributed by atoms with Crippen molar-refractivity contribution in [2.75, 3.05) is 0 Å². The normalized spacial score (nSPS) is 16.7. The molecule has 0 saturated carbocycles. The SMILES string of the molecule is CC(=O)Oc1ccc2c(c1)Oc1cc(OS(=O)(=O)c3c(F)c(F)c(F)c(F)c3F)ccc1C21OC(=O)c2ccccc21. The fourth-order valence-corrected chi connectivity index (χ4v) is 5.95. The standard InChI is InChI=1S/C28H13F5O8S/c1-12(34)38-13-6-8-17-19(10-13)39-20-11-14(41-42(36,37)26-24(32)22(30)21(29)23(31)25(26)33)7-9-18(20)28(17)16-5-3-2-4-15(16)27(35)40-28/h2-11H,1H3. The number of carbonyl (C=O) groups is 2. The van der Waals surface area contributed by atoms with Crippen LogP contribution in [0.3, 0.4) is 0 Å². The van der Waals surface area contributed by atoms with Gasteiger partial charge in [0.1, 0.15) is 23.0 Å². The first-order valence-corrected chi connectivity index (χ1v) is 13.2. The zero-order valence-corrected chi connectivity index (χ0v) is 21.7. The minimum absolute atomic E-state index is 0.0190. The third-order valence-corrected chi connectivity index (χ3v) is 7.81. The number of rotatable bonds is 4. The number of ether oxygens (including phenoxy) is 3. The van der Waals surface area contributed by atoms with E-state index in [1.165, 1.54) is 37.3 Å². The number of hydrogen-bond donors (Lipinski definition) is 0. The van der Waals surface area contributed by atoms with Crippen molar-refractivity contribution in [2.24, 2.45) is 0 Å². The lowest BCUT2D eigenvalue weighted by Gasteiger charge is -2.36. The van der Waals surface area contributed by atoms with Gasteiger partial charge in [-0.1, -0.05) is 18.2 Å². The average Bonchev–Trinajstić information content (AvgIpc) is 3.22. The number of carbonyl (C=O) groups excluding carboxylic acids is 2. The molecule has 6 rings (SSSR count). The Balaban J connectivity index is 1.50. The van der Waals surface area contributed by atoms with E-state index < -0.39 is 67.4 Å². The van der Waals surface area contributed by atoms with Crippen LogP contribution in [-0.4, -0.2) is 20.4 Å². The van der Waals surface area contributed by atoms with Crippen molar-refractivity contribution in [3.05, 3.63) is 112 Å². The molecule has 0 N–H and O–H groups in total. The summed E-state index contributed by atoms with van der Waals surface area (Å²) in [5.41, 5.74) is -0.538. The quantitative estimate of drug-likeness (QED) is 0.0736. The number of esters is 2. The van der Waals surface area contributed by atoms with E-state index in [1.54, 1.807) is 18.2 Å². The van der Waals surface area contributed by atoms with Crippen LogP contribution in [0.5, 0.6) is 23.0 Å². The van der Waals surface area contributed by atoms with Crippen LogP contribution in [-0.2, 0) is 25.3 Å². The van der Waals surface area contributed by atoms with Crippen molar-refractivity contribution in [1.82, 2.24) is 0 Å². The topological polar surface area (TPSA) is 105 Å². The minimum atomic E-state index is -5.62. The molecule has 2 aliphatic rings. The molecule has 214 valence electrons. The Labute approximate surface area is 232 Å². The summed E-state index contributed by atoms with van der Waals surface area (Å²) in [6.07, 6.45) is 0. The van der Waals surface area contributed by atoms with Gasteiger partial charge in [0, 0.05) is 35.7 Å². The Morgan fingerprint density at radius 2 is 1.31 bits per heavy atom. The molecule has 1 spiro atoms. The van der Waals surface area contributed by atoms with Crippen LogP contribution in [0.4, 0.5) is 22.0 Å². The molecule has 1 atom stereocenters. The summed E-state index contributed by atoms with van der Waals surface area (Å²) in [4.78, 5) is 22.3. The summed E-state index contributed by atoms with van der Waals surface area (Å²) >= 11 is 0. The van der Waals surface area contributed by atoms with Gasteiger partial charge in [0.15, 0.2) is 33.8 Å². The third-order valence-electron chi connectivity index (χ3n) is 6.54. The van der Waals surface area contributed by atoms with Crippen molar-refractivity contribution in [3.63, 3.8) is 0 Å². The number of benzene rings is 4. The Hall–Kier alpha value is -4.98. The highest BCUT2D eigenvalue weighted by molar-refractivity contribution is 7.87. The summed E-state index contributed by atoms with van der Waals surface area (Å²) in [7, 11) is -5.62. The molecule has 0 saturated heterocycles. The van der Waals surface area contributed by atoms with Crippen LogP contribution in [0.25, 0.3) is 0 Å². The molecule has 42 heavy (non-hydrogen) atoms. The fourth-order valence-electron chi connectivity index (χ4n) is 4.89. The van der Waals surface area contributed by atoms with E-state index in [0.29, 0.717) is 11.1 Å². The van der Waals surface area contributed by atoms with Crippen LogP contribution in [0.2, 0.25) is 0 Å². The molecule has 2 heterocycles. The molecule has 0 aliphatic carbocycles. The molecule has 0 fully saturated rings. The summed E-state index contributed by atoms with van der Waals surface area (Å²) in [6.45, 7) is 1.17. The van der Waals surface area contributed by atoms with E-state index in [4.69, 9.17) is 18.4 Å². The van der Waals surface area contributed by atoms with E-state index in [0.717, 1.165) is 12.1 Å². The summed E-state index contributed by atoms with van der Waals surface area (Å²) in [6, 6.07) is 13.9. The van der Waals surface area contributed by atoms with Crippen LogP contribution in [0.15, 0.2) is 65.6 Å². The first-order valence-electron chi connectivity index (χ1n) is 11.8. The highest BCUT2D eigenvalue weighted by atomic mass is 32.2. The van der Waals surface area contributed by atoms with Crippen molar-refractivity contribution in [1.29, 1.82) is 0 Å². The predicted octanol–water partition coefficient (Wildman–Crippen LogP) is 5.64. The van der Waals surface area contributed by atoms with Gasteiger partial charge in [-0.3, -0.25) is 4.79 Å². The molecule has 0 bridgehead atoms. The Bertz CT molecular complexity index is 1950. The number of halogens is 5. The maximum absolute atomic E-state index is 14.3. The van der Waals surface area contributed by atoms with E-state index in [2.05, 4.69) is 0 Å². The van der Waals surface area contributed by atoms with E-state index in [9.17, 15) is 40.0 Å². The van der Waals surface area contributed by atoms with Crippen LogP contribution in [0, 0.1) is 29.1 Å². The third kappa shape index (κ3) is 3.89. The largest absolute Gasteiger partial charge is 0.456 e. The maximum Gasteiger partial charge on any atom is 0.345 e. The highest BCUT2D eigenvalue weighted by Crippen LogP contribution is 2.57. The van der Waals surface area contributed by atoms with E-state index in [-0.39, 0.29) is 28.4 Å². The first-order chi connectivity index (χ1) is 19.8. The van der Waals surface area contributed by atoms with Crippen molar-refractivity contribution in [2.45, 2.75) is 17.4 Å². The molecule has 4 aromatic rings. The predicted molar refractivity (Wildman–Crippen MR) is 130 cm³/mol. The number of fused-ring (bicyclic) bond motifs is 6. The maximum atomic E-state index is 14.3. The molecule has 2 aliphatic heterocycles. The zero-order valence-electron chi connectivity index (χ0n) is 20.8. The van der Waals surface area contributed by atoms with E-state index in [1.807, 2.05) is 0 Å². The van der Waals surface area contributed by atoms with Gasteiger partial charge in [0.05, 0.1) is 5.56 Å². The molecule has 14 heteroatoms. The summed E-state index contributed by atoms with van der Waals surface area (Å²) < 4.78 is 116. The second kappa shape index (κ2) is 9.27. The van der Waals surface area contributed by atoms with Crippen molar-refractivity contribution >= 4 is 22.1 Å². The molecule has 0 aromatic heterocycles. The molecule has 4 aromatic carbocycles. The van der Waals surface area contributed by atoms with Crippen LogP contribution < -0.4 is 13.7 Å². The second-order valence-electron chi connectivity index (χ2n) is 9.06. The highest BCUT2D eigenvalue weighted by Gasteiger charge is 2.53. The first kappa shape index (κ1) is 27.2. The van der Waals surface area contributed by atoms with Gasteiger partial charge in [0.2, 0.25) is 5.82 Å². The lowest BCUT2D eigenvalue weighted by molar-refractivity contribution is -0.131. The molecule has 1 unspecified atom stereocenters. The second-order valence-corrected chi connectivity index (χ2v) is 10.5. The van der Waals surface area contributed by atoms with Crippen LogP contribution in [0.1, 0.15) is 34.0 Å². The van der Waals surface area contributed by atoms with Gasteiger partial charge >= 0.3 is 22.1 Å². The Morgan fingerprint density at radius 3 is 1.93 bits per heavy atom. The van der Waals surface area contributed by atoms with Crippen LogP contribution >= 0.6 is 0 Å². The average molecular weight is 604 g/mol. The molecule has 8 nitrogen and oxygen atoms in total. The monoisotopic (exact) mass is 604 g/mol. The Morgan fingerprint density at radius 1 is 0.762 bits per heavy atom. The summed E-state index contributed by atoms with van der Waals surface area (Å²) in [5.74, 6) is -14.8. The lowest BCUT2D eigenvalue weighted by Crippen LogP contribution is -2.33. The van der Waals surface area contributed by atoms with Gasteiger partial charge in [-0.25, -0.2) is 26.7 Å². The Kier molecular flexibility index (Phi) is 6.01. The minimum Gasteiger partial charge on any atom is -0.456 e. The van der Waals surface area contributed by atoms with Crippen molar-refractivity contribution < 1.29 is 58.4 Å². The lowest BCUT2D eigenvalue weighted by atomic mass is 9.77. The molecular formula is C28H13F5O8S. The van der Waals surface area contributed by atoms with Gasteiger partial charge in [-0.15, -0.1) is 0 Å². The summed E-state index contributed by atoms with van der Waals surface area (Å²) in [5, 5.41) is 0. The van der Waals surface area contributed by atoms with Crippen molar-refractivity contribution in [3.8, 4) is 23.0 Å². The van der Waals surface area contributed by atoms with E-state index >= 15 is 0 Å². The zero-order chi connectivity index (χ0) is 30.1. The van der Waals surface area contributed by atoms with Gasteiger partial charge in [-0.05, 0) is 30.3 Å². The fraction of sp³-hybridized carbons (Fsp3) is 0.0714. The number of hydrogen-bond acceptors (Lipinski definition) is 8.